The van der Waals surface area contributed by atoms with Crippen LogP contribution in [-0.2, 0) is 6.54 Å². The molecule has 0 aliphatic carbocycles. The molecule has 162 valence electrons. The van der Waals surface area contributed by atoms with Gasteiger partial charge >= 0.3 is 0 Å². The van der Waals surface area contributed by atoms with Crippen molar-refractivity contribution in [2.24, 2.45) is 5.92 Å². The first kappa shape index (κ1) is 22.5. The van der Waals surface area contributed by atoms with Gasteiger partial charge in [-0.1, -0.05) is 62.7 Å². The second-order valence-corrected chi connectivity index (χ2v) is 7.72. The van der Waals surface area contributed by atoms with Crippen molar-refractivity contribution in [3.63, 3.8) is 0 Å². The van der Waals surface area contributed by atoms with Gasteiger partial charge in [0.15, 0.2) is 0 Å². The summed E-state index contributed by atoms with van der Waals surface area (Å²) in [5.41, 5.74) is 3.76. The van der Waals surface area contributed by atoms with Crippen molar-refractivity contribution >= 4 is 5.91 Å². The number of benzene rings is 2. The van der Waals surface area contributed by atoms with Gasteiger partial charge in [-0.3, -0.25) is 9.78 Å². The Balaban J connectivity index is 1.48. The van der Waals surface area contributed by atoms with E-state index in [1.165, 1.54) is 5.56 Å². The van der Waals surface area contributed by atoms with E-state index < -0.39 is 0 Å². The highest BCUT2D eigenvalue weighted by molar-refractivity contribution is 5.95. The number of nitrogens with zero attached hydrogens (tertiary/aromatic N) is 1. The van der Waals surface area contributed by atoms with Crippen LogP contribution in [0.2, 0.25) is 0 Å². The predicted molar refractivity (Wildman–Crippen MR) is 125 cm³/mol. The normalized spacial score (nSPS) is 11.7. The van der Waals surface area contributed by atoms with Crippen LogP contribution < -0.4 is 15.4 Å². The van der Waals surface area contributed by atoms with E-state index in [-0.39, 0.29) is 5.91 Å². The largest absolute Gasteiger partial charge is 0.492 e. The van der Waals surface area contributed by atoms with E-state index in [2.05, 4.69) is 53.7 Å². The summed E-state index contributed by atoms with van der Waals surface area (Å²) >= 11 is 0. The van der Waals surface area contributed by atoms with Crippen molar-refractivity contribution in [1.82, 2.24) is 15.6 Å². The number of carbonyl (C=O) groups is 1. The fourth-order valence-electron chi connectivity index (χ4n) is 3.04. The minimum absolute atomic E-state index is 0.0757. The van der Waals surface area contributed by atoms with E-state index in [0.29, 0.717) is 24.6 Å². The number of carbonyl (C=O) groups excluding carboxylic acids is 1. The number of hydrogen-bond acceptors (Lipinski definition) is 4. The zero-order chi connectivity index (χ0) is 21.9. The van der Waals surface area contributed by atoms with Gasteiger partial charge in [0.1, 0.15) is 12.4 Å². The zero-order valence-electron chi connectivity index (χ0n) is 18.3. The Hall–Kier alpha value is -3.18. The molecule has 1 heterocycles. The van der Waals surface area contributed by atoms with Crippen LogP contribution in [0.4, 0.5) is 0 Å². The average molecular weight is 418 g/mol. The molecule has 3 aromatic rings. The monoisotopic (exact) mass is 417 g/mol. The van der Waals surface area contributed by atoms with Gasteiger partial charge in [-0.05, 0) is 35.2 Å². The Labute approximate surface area is 184 Å². The highest BCUT2D eigenvalue weighted by Gasteiger charge is 2.09. The Morgan fingerprint density at radius 2 is 1.81 bits per heavy atom. The maximum absolute atomic E-state index is 12.4. The number of ether oxygens (including phenoxy) is 1. The topological polar surface area (TPSA) is 63.2 Å². The first-order valence-electron chi connectivity index (χ1n) is 10.9. The summed E-state index contributed by atoms with van der Waals surface area (Å²) in [6.45, 7) is 7.10. The number of hydrogen-bond donors (Lipinski definition) is 2. The Kier molecular flexibility index (Phi) is 8.61. The first-order chi connectivity index (χ1) is 15.2. The Bertz CT molecular complexity index is 942. The smallest absolute Gasteiger partial charge is 0.252 e. The van der Waals surface area contributed by atoms with E-state index in [0.717, 1.165) is 36.4 Å². The summed E-state index contributed by atoms with van der Waals surface area (Å²) < 4.78 is 5.69. The minimum Gasteiger partial charge on any atom is -0.492 e. The van der Waals surface area contributed by atoms with Gasteiger partial charge in [-0.2, -0.15) is 0 Å². The summed E-state index contributed by atoms with van der Waals surface area (Å²) in [7, 11) is 0. The maximum Gasteiger partial charge on any atom is 0.252 e. The van der Waals surface area contributed by atoms with Crippen LogP contribution in [0.15, 0.2) is 73.1 Å². The summed E-state index contributed by atoms with van der Waals surface area (Å²) in [5, 5.41) is 6.38. The molecule has 1 aromatic heterocycles. The highest BCUT2D eigenvalue weighted by Crippen LogP contribution is 2.20. The van der Waals surface area contributed by atoms with Crippen LogP contribution in [0.25, 0.3) is 11.1 Å². The molecule has 0 fully saturated rings. The van der Waals surface area contributed by atoms with E-state index in [4.69, 9.17) is 4.74 Å². The number of aromatic nitrogens is 1. The molecular weight excluding hydrogens is 386 g/mol. The van der Waals surface area contributed by atoms with Crippen LogP contribution in [-0.4, -0.2) is 30.6 Å². The standard InChI is InChI=1S/C26H31N3O2/c1-3-20(2)16-29-26(30)24-15-23(18-28-19-24)22-11-9-21(10-12-22)17-27-13-14-31-25-7-5-4-6-8-25/h4-12,15,18-20,27H,3,13-14,16-17H2,1-2H3,(H,29,30)/t20-/m0/s1. The molecule has 5 heteroatoms. The lowest BCUT2D eigenvalue weighted by molar-refractivity contribution is 0.0947. The quantitative estimate of drug-likeness (QED) is 0.444. The molecule has 0 saturated carbocycles. The second-order valence-electron chi connectivity index (χ2n) is 7.72. The molecule has 2 N–H and O–H groups in total. The molecule has 0 aliphatic rings. The van der Waals surface area contributed by atoms with Crippen molar-refractivity contribution in [2.75, 3.05) is 19.7 Å². The molecule has 5 nitrogen and oxygen atoms in total. The molecule has 0 radical (unpaired) electrons. The lowest BCUT2D eigenvalue weighted by Gasteiger charge is -2.11. The van der Waals surface area contributed by atoms with Crippen LogP contribution in [0.5, 0.6) is 5.75 Å². The predicted octanol–water partition coefficient (Wildman–Crippen LogP) is 4.69. The number of para-hydroxylation sites is 1. The number of pyridine rings is 1. The molecule has 0 spiro atoms. The summed E-state index contributed by atoms with van der Waals surface area (Å²) in [6, 6.07) is 20.0. The molecule has 0 bridgehead atoms. The van der Waals surface area contributed by atoms with Gasteiger partial charge in [-0.25, -0.2) is 0 Å². The zero-order valence-corrected chi connectivity index (χ0v) is 18.3. The van der Waals surface area contributed by atoms with Gasteiger partial charge in [0.2, 0.25) is 0 Å². The lowest BCUT2D eigenvalue weighted by atomic mass is 10.0. The Morgan fingerprint density at radius 1 is 1.03 bits per heavy atom. The maximum atomic E-state index is 12.4. The molecule has 1 amide bonds. The van der Waals surface area contributed by atoms with E-state index in [1.54, 1.807) is 12.4 Å². The van der Waals surface area contributed by atoms with Crippen molar-refractivity contribution in [2.45, 2.75) is 26.8 Å². The van der Waals surface area contributed by atoms with Gasteiger partial charge in [0, 0.05) is 37.6 Å². The van der Waals surface area contributed by atoms with Crippen molar-refractivity contribution in [3.8, 4) is 16.9 Å². The third kappa shape index (κ3) is 7.23. The van der Waals surface area contributed by atoms with E-state index >= 15 is 0 Å². The summed E-state index contributed by atoms with van der Waals surface area (Å²) in [5.74, 6) is 1.28. The first-order valence-corrected chi connectivity index (χ1v) is 10.9. The highest BCUT2D eigenvalue weighted by atomic mass is 16.5. The van der Waals surface area contributed by atoms with Gasteiger partial charge in [-0.15, -0.1) is 0 Å². The van der Waals surface area contributed by atoms with Crippen LogP contribution in [0.1, 0.15) is 36.2 Å². The SMILES string of the molecule is CC[C@H](C)CNC(=O)c1cncc(-c2ccc(CNCCOc3ccccc3)cc2)c1. The number of amides is 1. The van der Waals surface area contributed by atoms with Crippen LogP contribution >= 0.6 is 0 Å². The summed E-state index contributed by atoms with van der Waals surface area (Å²) in [4.78, 5) is 16.7. The van der Waals surface area contributed by atoms with Crippen molar-refractivity contribution in [1.29, 1.82) is 0 Å². The molecule has 0 saturated heterocycles. The van der Waals surface area contributed by atoms with Crippen molar-refractivity contribution in [3.05, 3.63) is 84.2 Å². The molecular formula is C26H31N3O2. The molecule has 1 atom stereocenters. The number of nitrogens with one attached hydrogen (secondary N) is 2. The lowest BCUT2D eigenvalue weighted by Crippen LogP contribution is -2.28. The minimum atomic E-state index is -0.0757. The molecule has 31 heavy (non-hydrogen) atoms. The van der Waals surface area contributed by atoms with Gasteiger partial charge in [0.05, 0.1) is 5.56 Å². The van der Waals surface area contributed by atoms with Crippen LogP contribution in [0.3, 0.4) is 0 Å². The third-order valence-electron chi connectivity index (χ3n) is 5.22. The molecule has 2 aromatic carbocycles. The molecule has 0 aliphatic heterocycles. The Morgan fingerprint density at radius 3 is 2.55 bits per heavy atom. The van der Waals surface area contributed by atoms with E-state index in [9.17, 15) is 4.79 Å². The molecule has 0 unspecified atom stereocenters. The van der Waals surface area contributed by atoms with E-state index in [1.807, 2.05) is 36.4 Å². The van der Waals surface area contributed by atoms with Gasteiger partial charge < -0.3 is 15.4 Å². The summed E-state index contributed by atoms with van der Waals surface area (Å²) in [6.07, 6.45) is 4.45. The van der Waals surface area contributed by atoms with Gasteiger partial charge in [0.25, 0.3) is 5.91 Å². The fraction of sp³-hybridized carbons (Fsp3) is 0.308. The third-order valence-corrected chi connectivity index (χ3v) is 5.22. The second kappa shape index (κ2) is 11.9. The molecule has 3 rings (SSSR count). The fourth-order valence-corrected chi connectivity index (χ4v) is 3.04. The van der Waals surface area contributed by atoms with Crippen molar-refractivity contribution < 1.29 is 9.53 Å². The van der Waals surface area contributed by atoms with Crippen LogP contribution in [0, 0.1) is 5.92 Å². The average Bonchev–Trinajstić information content (AvgIpc) is 2.83. The number of rotatable bonds is 11.